The first kappa shape index (κ1) is 10.7. The van der Waals surface area contributed by atoms with Crippen molar-refractivity contribution in [2.24, 2.45) is 5.92 Å². The van der Waals surface area contributed by atoms with Crippen molar-refractivity contribution in [3.8, 4) is 0 Å². The SMILES string of the molecule is O=C(CCCl)C(=O)CC1CCCC1. The van der Waals surface area contributed by atoms with E-state index in [1.54, 1.807) is 0 Å². The highest BCUT2D eigenvalue weighted by atomic mass is 35.5. The summed E-state index contributed by atoms with van der Waals surface area (Å²) in [6, 6.07) is 0. The molecule has 0 saturated heterocycles. The van der Waals surface area contributed by atoms with Crippen molar-refractivity contribution >= 4 is 23.2 Å². The largest absolute Gasteiger partial charge is 0.291 e. The van der Waals surface area contributed by atoms with Crippen LogP contribution in [0, 0.1) is 5.92 Å². The van der Waals surface area contributed by atoms with Crippen LogP contribution in [0.25, 0.3) is 0 Å². The highest BCUT2D eigenvalue weighted by Gasteiger charge is 2.21. The third-order valence-electron chi connectivity index (χ3n) is 2.58. The predicted octanol–water partition coefficient (Wildman–Crippen LogP) is 2.33. The Morgan fingerprint density at radius 3 is 2.31 bits per heavy atom. The van der Waals surface area contributed by atoms with Crippen molar-refractivity contribution in [2.75, 3.05) is 5.88 Å². The molecule has 2 nitrogen and oxygen atoms in total. The van der Waals surface area contributed by atoms with Gasteiger partial charge in [-0.1, -0.05) is 25.7 Å². The second kappa shape index (κ2) is 5.38. The second-order valence-corrected chi connectivity index (χ2v) is 4.02. The molecule has 1 fully saturated rings. The van der Waals surface area contributed by atoms with Gasteiger partial charge in [0, 0.05) is 18.7 Å². The van der Waals surface area contributed by atoms with Gasteiger partial charge in [-0.25, -0.2) is 0 Å². The van der Waals surface area contributed by atoms with E-state index in [1.807, 2.05) is 0 Å². The number of ketones is 2. The lowest BCUT2D eigenvalue weighted by Crippen LogP contribution is -2.17. The number of alkyl halides is 1. The number of hydrogen-bond donors (Lipinski definition) is 0. The van der Waals surface area contributed by atoms with Crippen LogP contribution in [0.1, 0.15) is 38.5 Å². The Morgan fingerprint density at radius 2 is 1.77 bits per heavy atom. The Bertz CT molecular complexity index is 195. The van der Waals surface area contributed by atoms with E-state index in [-0.39, 0.29) is 23.9 Å². The first-order valence-electron chi connectivity index (χ1n) is 4.86. The lowest BCUT2D eigenvalue weighted by molar-refractivity contribution is -0.136. The maximum Gasteiger partial charge on any atom is 0.199 e. The predicted molar refractivity (Wildman–Crippen MR) is 51.9 cm³/mol. The minimum Gasteiger partial charge on any atom is -0.291 e. The molecule has 0 atom stereocenters. The summed E-state index contributed by atoms with van der Waals surface area (Å²) >= 11 is 5.38. The van der Waals surface area contributed by atoms with Crippen molar-refractivity contribution < 1.29 is 9.59 Å². The summed E-state index contributed by atoms with van der Waals surface area (Å²) in [4.78, 5) is 22.4. The van der Waals surface area contributed by atoms with Crippen molar-refractivity contribution in [1.82, 2.24) is 0 Å². The lowest BCUT2D eigenvalue weighted by Gasteiger charge is -2.05. The average molecular weight is 203 g/mol. The fourth-order valence-electron chi connectivity index (χ4n) is 1.82. The number of halogens is 1. The second-order valence-electron chi connectivity index (χ2n) is 3.64. The van der Waals surface area contributed by atoms with Crippen LogP contribution in [0.4, 0.5) is 0 Å². The monoisotopic (exact) mass is 202 g/mol. The van der Waals surface area contributed by atoms with Crippen molar-refractivity contribution in [2.45, 2.75) is 38.5 Å². The molecular weight excluding hydrogens is 188 g/mol. The number of Topliss-reactive ketones (excluding diaryl/α,β-unsaturated/α-hetero) is 2. The molecule has 1 aliphatic carbocycles. The van der Waals surface area contributed by atoms with Crippen LogP contribution in [-0.4, -0.2) is 17.4 Å². The van der Waals surface area contributed by atoms with E-state index in [9.17, 15) is 9.59 Å². The van der Waals surface area contributed by atoms with Gasteiger partial charge in [0.2, 0.25) is 0 Å². The van der Waals surface area contributed by atoms with Crippen molar-refractivity contribution in [3.05, 3.63) is 0 Å². The topological polar surface area (TPSA) is 34.1 Å². The zero-order valence-corrected chi connectivity index (χ0v) is 8.48. The molecule has 0 aliphatic heterocycles. The summed E-state index contributed by atoms with van der Waals surface area (Å²) in [6.45, 7) is 0. The van der Waals surface area contributed by atoms with Crippen LogP contribution in [0.2, 0.25) is 0 Å². The van der Waals surface area contributed by atoms with Gasteiger partial charge in [-0.05, 0) is 5.92 Å². The zero-order chi connectivity index (χ0) is 9.68. The van der Waals surface area contributed by atoms with E-state index in [0.717, 1.165) is 12.8 Å². The Kier molecular flexibility index (Phi) is 4.43. The van der Waals surface area contributed by atoms with E-state index in [4.69, 9.17) is 11.6 Å². The first-order valence-corrected chi connectivity index (χ1v) is 5.39. The minimum atomic E-state index is -0.290. The fourth-order valence-corrected chi connectivity index (χ4v) is 1.99. The van der Waals surface area contributed by atoms with Crippen LogP contribution < -0.4 is 0 Å². The smallest absolute Gasteiger partial charge is 0.199 e. The van der Waals surface area contributed by atoms with Gasteiger partial charge in [-0.3, -0.25) is 9.59 Å². The third kappa shape index (κ3) is 3.47. The number of rotatable bonds is 5. The molecule has 0 unspecified atom stereocenters. The van der Waals surface area contributed by atoms with Crippen LogP contribution in [0.3, 0.4) is 0 Å². The zero-order valence-electron chi connectivity index (χ0n) is 7.72. The van der Waals surface area contributed by atoms with E-state index >= 15 is 0 Å². The molecule has 0 aromatic heterocycles. The van der Waals surface area contributed by atoms with Crippen molar-refractivity contribution in [3.63, 3.8) is 0 Å². The van der Waals surface area contributed by atoms with Gasteiger partial charge in [-0.2, -0.15) is 0 Å². The maximum absolute atomic E-state index is 11.3. The molecule has 0 heterocycles. The normalized spacial score (nSPS) is 17.6. The molecule has 1 aliphatic rings. The molecule has 13 heavy (non-hydrogen) atoms. The molecule has 0 aromatic rings. The Morgan fingerprint density at radius 1 is 1.15 bits per heavy atom. The summed E-state index contributed by atoms with van der Waals surface area (Å²) in [5.41, 5.74) is 0. The standard InChI is InChI=1S/C10H15ClO2/c11-6-5-9(12)10(13)7-8-3-1-2-4-8/h8H,1-7H2. The molecule has 0 radical (unpaired) electrons. The first-order chi connectivity index (χ1) is 6.24. The molecular formula is C10H15ClO2. The Labute approximate surface area is 83.6 Å². The Balaban J connectivity index is 2.27. The van der Waals surface area contributed by atoms with Gasteiger partial charge >= 0.3 is 0 Å². The molecule has 0 spiro atoms. The van der Waals surface area contributed by atoms with Crippen LogP contribution in [0.5, 0.6) is 0 Å². The molecule has 0 N–H and O–H groups in total. The summed E-state index contributed by atoms with van der Waals surface area (Å²) in [5, 5.41) is 0. The number of carbonyl (C=O) groups is 2. The van der Waals surface area contributed by atoms with Gasteiger partial charge in [0.25, 0.3) is 0 Å². The molecule has 0 bridgehead atoms. The lowest BCUT2D eigenvalue weighted by atomic mass is 9.98. The van der Waals surface area contributed by atoms with Gasteiger partial charge in [0.1, 0.15) is 0 Å². The summed E-state index contributed by atoms with van der Waals surface area (Å²) < 4.78 is 0. The van der Waals surface area contributed by atoms with E-state index in [2.05, 4.69) is 0 Å². The molecule has 0 amide bonds. The Hall–Kier alpha value is -0.370. The van der Waals surface area contributed by atoms with Gasteiger partial charge in [0.05, 0.1) is 0 Å². The highest BCUT2D eigenvalue weighted by molar-refractivity contribution is 6.38. The maximum atomic E-state index is 11.3. The summed E-state index contributed by atoms with van der Waals surface area (Å²) in [6.07, 6.45) is 5.30. The molecule has 1 rings (SSSR count). The van der Waals surface area contributed by atoms with Crippen LogP contribution in [0.15, 0.2) is 0 Å². The molecule has 0 aromatic carbocycles. The average Bonchev–Trinajstić information content (AvgIpc) is 2.57. The van der Waals surface area contributed by atoms with Crippen LogP contribution >= 0.6 is 11.6 Å². The van der Waals surface area contributed by atoms with Gasteiger partial charge in [0.15, 0.2) is 11.6 Å². The fraction of sp³-hybridized carbons (Fsp3) is 0.800. The van der Waals surface area contributed by atoms with Gasteiger partial charge in [-0.15, -0.1) is 11.6 Å². The minimum absolute atomic E-state index is 0.201. The third-order valence-corrected chi connectivity index (χ3v) is 2.77. The molecule has 1 saturated carbocycles. The highest BCUT2D eigenvalue weighted by Crippen LogP contribution is 2.27. The summed E-state index contributed by atoms with van der Waals surface area (Å²) in [5.74, 6) is 0.219. The van der Waals surface area contributed by atoms with Crippen LogP contribution in [-0.2, 0) is 9.59 Å². The number of hydrogen-bond acceptors (Lipinski definition) is 2. The quantitative estimate of drug-likeness (QED) is 0.507. The molecule has 3 heteroatoms. The van der Waals surface area contributed by atoms with E-state index in [1.165, 1.54) is 12.8 Å². The van der Waals surface area contributed by atoms with E-state index < -0.39 is 0 Å². The summed E-state index contributed by atoms with van der Waals surface area (Å²) in [7, 11) is 0. The molecule has 74 valence electrons. The van der Waals surface area contributed by atoms with Gasteiger partial charge < -0.3 is 0 Å². The van der Waals surface area contributed by atoms with E-state index in [0.29, 0.717) is 12.3 Å². The van der Waals surface area contributed by atoms with Crippen molar-refractivity contribution in [1.29, 1.82) is 0 Å². The number of carbonyl (C=O) groups excluding carboxylic acids is 2.